The lowest BCUT2D eigenvalue weighted by Gasteiger charge is -2.21. The molecule has 12 heavy (non-hydrogen) atoms. The van der Waals surface area contributed by atoms with Gasteiger partial charge in [-0.1, -0.05) is 0 Å². The Bertz CT molecular complexity index is 169. The molecule has 0 atom stereocenters. The summed E-state index contributed by atoms with van der Waals surface area (Å²) in [5.41, 5.74) is 0.954. The van der Waals surface area contributed by atoms with Gasteiger partial charge in [-0.25, -0.2) is 0 Å². The summed E-state index contributed by atoms with van der Waals surface area (Å²) in [5, 5.41) is 8.65. The SMILES string of the molecule is CC(=CO)CCC1(C)OCCO1. The molecular weight excluding hydrogens is 156 g/mol. The molecule has 0 aromatic heterocycles. The van der Waals surface area contributed by atoms with Crippen LogP contribution in [0.4, 0.5) is 0 Å². The molecule has 1 aliphatic heterocycles. The Kier molecular flexibility index (Phi) is 3.12. The van der Waals surface area contributed by atoms with Crippen molar-refractivity contribution in [2.24, 2.45) is 0 Å². The smallest absolute Gasteiger partial charge is 0.166 e. The molecule has 0 amide bonds. The summed E-state index contributed by atoms with van der Waals surface area (Å²) in [4.78, 5) is 0. The number of ether oxygens (including phenoxy) is 2. The topological polar surface area (TPSA) is 38.7 Å². The van der Waals surface area contributed by atoms with Crippen LogP contribution in [0.5, 0.6) is 0 Å². The van der Waals surface area contributed by atoms with E-state index in [1.165, 1.54) is 0 Å². The summed E-state index contributed by atoms with van der Waals surface area (Å²) in [6, 6.07) is 0. The minimum Gasteiger partial charge on any atom is -0.516 e. The first kappa shape index (κ1) is 9.55. The van der Waals surface area contributed by atoms with Gasteiger partial charge in [0.05, 0.1) is 19.5 Å². The largest absolute Gasteiger partial charge is 0.516 e. The minimum atomic E-state index is -0.426. The summed E-state index contributed by atoms with van der Waals surface area (Å²) >= 11 is 0. The molecule has 0 spiro atoms. The van der Waals surface area contributed by atoms with E-state index in [9.17, 15) is 0 Å². The van der Waals surface area contributed by atoms with Crippen LogP contribution in [-0.4, -0.2) is 24.1 Å². The van der Waals surface area contributed by atoms with Crippen molar-refractivity contribution in [3.05, 3.63) is 11.8 Å². The summed E-state index contributed by atoms with van der Waals surface area (Å²) < 4.78 is 10.8. The molecule has 1 N–H and O–H groups in total. The van der Waals surface area contributed by atoms with E-state index in [4.69, 9.17) is 14.6 Å². The van der Waals surface area contributed by atoms with Crippen molar-refractivity contribution >= 4 is 0 Å². The number of rotatable bonds is 3. The molecule has 0 aromatic rings. The highest BCUT2D eigenvalue weighted by atomic mass is 16.7. The van der Waals surface area contributed by atoms with E-state index in [0.717, 1.165) is 24.7 Å². The minimum absolute atomic E-state index is 0.426. The zero-order valence-corrected chi connectivity index (χ0v) is 7.67. The molecule has 0 unspecified atom stereocenters. The lowest BCUT2D eigenvalue weighted by atomic mass is 10.1. The molecule has 3 nitrogen and oxygen atoms in total. The van der Waals surface area contributed by atoms with Crippen molar-refractivity contribution in [1.29, 1.82) is 0 Å². The van der Waals surface area contributed by atoms with Gasteiger partial charge in [-0.3, -0.25) is 0 Å². The Balaban J connectivity index is 2.30. The van der Waals surface area contributed by atoms with Crippen LogP contribution in [-0.2, 0) is 9.47 Å². The standard InChI is InChI=1S/C9H16O3/c1-8(7-10)3-4-9(2)11-5-6-12-9/h7,10H,3-6H2,1-2H3. The van der Waals surface area contributed by atoms with Crippen LogP contribution in [0.3, 0.4) is 0 Å². The van der Waals surface area contributed by atoms with Gasteiger partial charge < -0.3 is 14.6 Å². The summed E-state index contributed by atoms with van der Waals surface area (Å²) in [7, 11) is 0. The zero-order chi connectivity index (χ0) is 9.03. The average molecular weight is 172 g/mol. The van der Waals surface area contributed by atoms with Gasteiger partial charge in [0.15, 0.2) is 5.79 Å². The Labute approximate surface area is 73.0 Å². The predicted octanol–water partition coefficient (Wildman–Crippen LogP) is 1.99. The molecule has 0 radical (unpaired) electrons. The first-order valence-electron chi connectivity index (χ1n) is 4.24. The van der Waals surface area contributed by atoms with Gasteiger partial charge in [0.1, 0.15) is 0 Å². The molecule has 1 fully saturated rings. The molecule has 70 valence electrons. The highest BCUT2D eigenvalue weighted by Gasteiger charge is 2.30. The highest BCUT2D eigenvalue weighted by molar-refractivity contribution is 4.93. The fourth-order valence-electron chi connectivity index (χ4n) is 1.19. The highest BCUT2D eigenvalue weighted by Crippen LogP contribution is 2.25. The van der Waals surface area contributed by atoms with Crippen molar-refractivity contribution in [2.75, 3.05) is 13.2 Å². The molecule has 1 heterocycles. The van der Waals surface area contributed by atoms with Gasteiger partial charge in [0.2, 0.25) is 0 Å². The van der Waals surface area contributed by atoms with Crippen molar-refractivity contribution in [1.82, 2.24) is 0 Å². The predicted molar refractivity (Wildman–Crippen MR) is 45.9 cm³/mol. The number of hydrogen-bond donors (Lipinski definition) is 1. The van der Waals surface area contributed by atoms with E-state index in [0.29, 0.717) is 13.2 Å². The molecule has 0 bridgehead atoms. The lowest BCUT2D eigenvalue weighted by molar-refractivity contribution is -0.146. The van der Waals surface area contributed by atoms with Gasteiger partial charge in [0.25, 0.3) is 0 Å². The van der Waals surface area contributed by atoms with Crippen molar-refractivity contribution in [3.63, 3.8) is 0 Å². The van der Waals surface area contributed by atoms with Crippen LogP contribution < -0.4 is 0 Å². The quantitative estimate of drug-likeness (QED) is 0.662. The van der Waals surface area contributed by atoms with Crippen molar-refractivity contribution < 1.29 is 14.6 Å². The van der Waals surface area contributed by atoms with Crippen LogP contribution in [0.15, 0.2) is 11.8 Å². The van der Waals surface area contributed by atoms with Crippen molar-refractivity contribution in [2.45, 2.75) is 32.5 Å². The first-order valence-corrected chi connectivity index (χ1v) is 4.24. The normalized spacial score (nSPS) is 23.0. The van der Waals surface area contributed by atoms with Crippen LogP contribution >= 0.6 is 0 Å². The van der Waals surface area contributed by atoms with E-state index in [1.807, 2.05) is 13.8 Å². The number of aliphatic hydroxyl groups excluding tert-OH is 1. The third-order valence-electron chi connectivity index (χ3n) is 2.09. The molecule has 0 saturated carbocycles. The maximum Gasteiger partial charge on any atom is 0.166 e. The molecule has 1 aliphatic rings. The molecule has 3 heteroatoms. The third-order valence-corrected chi connectivity index (χ3v) is 2.09. The summed E-state index contributed by atoms with van der Waals surface area (Å²) in [5.74, 6) is -0.426. The number of allylic oxidation sites excluding steroid dienone is 1. The molecule has 0 aromatic carbocycles. The van der Waals surface area contributed by atoms with Crippen LogP contribution in [0, 0.1) is 0 Å². The maximum atomic E-state index is 8.65. The van der Waals surface area contributed by atoms with E-state index >= 15 is 0 Å². The van der Waals surface area contributed by atoms with E-state index in [-0.39, 0.29) is 0 Å². The Morgan fingerprint density at radius 2 is 2.08 bits per heavy atom. The summed E-state index contributed by atoms with van der Waals surface area (Å²) in [6.45, 7) is 5.18. The van der Waals surface area contributed by atoms with E-state index in [1.54, 1.807) is 0 Å². The Morgan fingerprint density at radius 1 is 1.50 bits per heavy atom. The summed E-state index contributed by atoms with van der Waals surface area (Å²) in [6.07, 6.45) is 2.75. The molecular formula is C9H16O3. The van der Waals surface area contributed by atoms with Crippen LogP contribution in [0.25, 0.3) is 0 Å². The molecule has 1 saturated heterocycles. The second-order valence-corrected chi connectivity index (χ2v) is 3.31. The monoisotopic (exact) mass is 172 g/mol. The van der Waals surface area contributed by atoms with Gasteiger partial charge in [-0.2, -0.15) is 0 Å². The Hall–Kier alpha value is -0.540. The van der Waals surface area contributed by atoms with Crippen LogP contribution in [0.1, 0.15) is 26.7 Å². The molecule has 0 aliphatic carbocycles. The maximum absolute atomic E-state index is 8.65. The van der Waals surface area contributed by atoms with Crippen molar-refractivity contribution in [3.8, 4) is 0 Å². The third kappa shape index (κ3) is 2.50. The van der Waals surface area contributed by atoms with Gasteiger partial charge in [-0.05, 0) is 25.8 Å². The van der Waals surface area contributed by atoms with Crippen LogP contribution in [0.2, 0.25) is 0 Å². The van der Waals surface area contributed by atoms with E-state index < -0.39 is 5.79 Å². The van der Waals surface area contributed by atoms with Gasteiger partial charge in [-0.15, -0.1) is 0 Å². The number of hydrogen-bond acceptors (Lipinski definition) is 3. The van der Waals surface area contributed by atoms with E-state index in [2.05, 4.69) is 0 Å². The zero-order valence-electron chi connectivity index (χ0n) is 7.67. The average Bonchev–Trinajstić information content (AvgIpc) is 2.49. The Morgan fingerprint density at radius 3 is 2.58 bits per heavy atom. The second kappa shape index (κ2) is 3.92. The molecule has 1 rings (SSSR count). The second-order valence-electron chi connectivity index (χ2n) is 3.31. The number of aliphatic hydroxyl groups is 1. The lowest BCUT2D eigenvalue weighted by Crippen LogP contribution is -2.25. The fourth-order valence-corrected chi connectivity index (χ4v) is 1.19. The van der Waals surface area contributed by atoms with Gasteiger partial charge in [0, 0.05) is 6.42 Å². The van der Waals surface area contributed by atoms with Gasteiger partial charge >= 0.3 is 0 Å². The first-order chi connectivity index (χ1) is 5.66. The fraction of sp³-hybridized carbons (Fsp3) is 0.778.